The van der Waals surface area contributed by atoms with Gasteiger partial charge in [-0.3, -0.25) is 29.6 Å². The van der Waals surface area contributed by atoms with Crippen molar-refractivity contribution in [3.8, 4) is 5.75 Å². The quantitative estimate of drug-likeness (QED) is 0.651. The molecule has 3 fully saturated rings. The van der Waals surface area contributed by atoms with Crippen LogP contribution in [0.2, 0.25) is 0 Å². The van der Waals surface area contributed by atoms with Gasteiger partial charge < -0.3 is 9.64 Å². The van der Waals surface area contributed by atoms with E-state index in [2.05, 4.69) is 28.2 Å². The van der Waals surface area contributed by atoms with Gasteiger partial charge in [0.25, 0.3) is 5.91 Å². The number of ether oxygens (including phenoxy) is 1. The molecule has 6 rings (SSSR count). The van der Waals surface area contributed by atoms with Gasteiger partial charge in [-0.1, -0.05) is 6.42 Å². The van der Waals surface area contributed by atoms with Crippen molar-refractivity contribution in [1.29, 1.82) is 0 Å². The average Bonchev–Trinajstić information content (AvgIpc) is 3.16. The summed E-state index contributed by atoms with van der Waals surface area (Å²) < 4.78 is 6.56. The number of imide groups is 1. The van der Waals surface area contributed by atoms with E-state index >= 15 is 0 Å². The standard InChI is InChI=1S/C28H32N4O4/c1-17-13-29-11-10-21(17)19-14-31(15-19)23-4-2-3-5-25(23)36-20-6-7-22-18(12-20)16-32(28(22)35)24-8-9-26(33)30-27(24)34/h6-7,10-13,19,23-25H,2-5,8-9,14-16H2,1H3,(H,30,33,34)/t23-,24-,25+/m0/s1. The molecule has 36 heavy (non-hydrogen) atoms. The predicted octanol–water partition coefficient (Wildman–Crippen LogP) is 2.94. The lowest BCUT2D eigenvalue weighted by Crippen LogP contribution is -2.57. The van der Waals surface area contributed by atoms with Crippen LogP contribution in [0.5, 0.6) is 5.75 Å². The number of rotatable bonds is 5. The maximum absolute atomic E-state index is 13.0. The highest BCUT2D eigenvalue weighted by atomic mass is 16.5. The third kappa shape index (κ3) is 4.17. The van der Waals surface area contributed by atoms with E-state index in [0.29, 0.717) is 30.5 Å². The summed E-state index contributed by atoms with van der Waals surface area (Å²) in [7, 11) is 0. The minimum atomic E-state index is -0.599. The van der Waals surface area contributed by atoms with Crippen molar-refractivity contribution in [2.24, 2.45) is 0 Å². The van der Waals surface area contributed by atoms with Crippen LogP contribution in [0, 0.1) is 6.92 Å². The summed E-state index contributed by atoms with van der Waals surface area (Å²) in [6.45, 7) is 4.60. The number of carbonyl (C=O) groups is 3. The van der Waals surface area contributed by atoms with Crippen LogP contribution in [-0.4, -0.2) is 63.8 Å². The van der Waals surface area contributed by atoms with E-state index in [1.54, 1.807) is 4.90 Å². The van der Waals surface area contributed by atoms with E-state index in [-0.39, 0.29) is 30.2 Å². The molecule has 1 N–H and O–H groups in total. The van der Waals surface area contributed by atoms with Crippen LogP contribution in [0.25, 0.3) is 0 Å². The minimum Gasteiger partial charge on any atom is -0.489 e. The van der Waals surface area contributed by atoms with E-state index in [1.165, 1.54) is 17.5 Å². The number of nitrogens with zero attached hydrogens (tertiary/aromatic N) is 3. The molecule has 4 heterocycles. The maximum atomic E-state index is 13.0. The summed E-state index contributed by atoms with van der Waals surface area (Å²) in [5.41, 5.74) is 4.16. The fourth-order valence-corrected chi connectivity index (χ4v) is 6.35. The predicted molar refractivity (Wildman–Crippen MR) is 132 cm³/mol. The third-order valence-electron chi connectivity index (χ3n) is 8.33. The van der Waals surface area contributed by atoms with Crippen LogP contribution < -0.4 is 10.1 Å². The molecule has 0 bridgehead atoms. The molecular weight excluding hydrogens is 456 g/mol. The second-order valence-electron chi connectivity index (χ2n) is 10.6. The van der Waals surface area contributed by atoms with Gasteiger partial charge in [0.15, 0.2) is 0 Å². The largest absolute Gasteiger partial charge is 0.489 e. The van der Waals surface area contributed by atoms with E-state index in [0.717, 1.165) is 43.7 Å². The lowest BCUT2D eigenvalue weighted by atomic mass is 9.83. The van der Waals surface area contributed by atoms with Gasteiger partial charge in [-0.05, 0) is 73.6 Å². The van der Waals surface area contributed by atoms with Crippen LogP contribution >= 0.6 is 0 Å². The summed E-state index contributed by atoms with van der Waals surface area (Å²) in [5, 5.41) is 2.36. The van der Waals surface area contributed by atoms with Crippen LogP contribution in [0.3, 0.4) is 0 Å². The SMILES string of the molecule is Cc1cnccc1C1CN([C@H]2CCCC[C@H]2Oc2ccc3c(c2)CN([C@H]2CCC(=O)NC2=O)C3=O)C1. The van der Waals surface area contributed by atoms with Crippen molar-refractivity contribution in [3.05, 3.63) is 58.9 Å². The van der Waals surface area contributed by atoms with Gasteiger partial charge >= 0.3 is 0 Å². The first-order valence-electron chi connectivity index (χ1n) is 13.1. The lowest BCUT2D eigenvalue weighted by molar-refractivity contribution is -0.136. The first-order valence-corrected chi connectivity index (χ1v) is 13.1. The Morgan fingerprint density at radius 1 is 1.06 bits per heavy atom. The molecule has 3 aliphatic heterocycles. The molecule has 2 saturated heterocycles. The fraction of sp³-hybridized carbons (Fsp3) is 0.500. The third-order valence-corrected chi connectivity index (χ3v) is 8.33. The van der Waals surface area contributed by atoms with E-state index in [1.807, 2.05) is 30.6 Å². The van der Waals surface area contributed by atoms with Gasteiger partial charge in [0.2, 0.25) is 11.8 Å². The summed E-state index contributed by atoms with van der Waals surface area (Å²) >= 11 is 0. The topological polar surface area (TPSA) is 91.8 Å². The lowest BCUT2D eigenvalue weighted by Gasteiger charge is -2.48. The Morgan fingerprint density at radius 3 is 2.69 bits per heavy atom. The van der Waals surface area contributed by atoms with Crippen molar-refractivity contribution in [2.75, 3.05) is 13.1 Å². The molecule has 1 aliphatic carbocycles. The Labute approximate surface area is 211 Å². The van der Waals surface area contributed by atoms with Gasteiger partial charge in [0, 0.05) is 56.0 Å². The van der Waals surface area contributed by atoms with Gasteiger partial charge in [-0.25, -0.2) is 0 Å². The van der Waals surface area contributed by atoms with Crippen LogP contribution in [0.15, 0.2) is 36.7 Å². The highest BCUT2D eigenvalue weighted by Gasteiger charge is 2.41. The van der Waals surface area contributed by atoms with Gasteiger partial charge in [0.05, 0.1) is 0 Å². The first-order chi connectivity index (χ1) is 17.5. The monoisotopic (exact) mass is 488 g/mol. The molecule has 2 aromatic rings. The molecule has 3 atom stereocenters. The molecule has 1 saturated carbocycles. The molecule has 0 radical (unpaired) electrons. The molecule has 188 valence electrons. The highest BCUT2D eigenvalue weighted by molar-refractivity contribution is 6.05. The van der Waals surface area contributed by atoms with Crippen LogP contribution in [0.4, 0.5) is 0 Å². The second kappa shape index (κ2) is 9.32. The Morgan fingerprint density at radius 2 is 1.89 bits per heavy atom. The van der Waals surface area contributed by atoms with Gasteiger partial charge in [-0.2, -0.15) is 0 Å². The molecule has 3 amide bonds. The van der Waals surface area contributed by atoms with Crippen molar-refractivity contribution >= 4 is 17.7 Å². The number of likely N-dealkylation sites (tertiary alicyclic amines) is 1. The molecule has 1 aromatic heterocycles. The number of aromatic nitrogens is 1. The second-order valence-corrected chi connectivity index (χ2v) is 10.6. The first kappa shape index (κ1) is 23.2. The fourth-order valence-electron chi connectivity index (χ4n) is 6.35. The zero-order valence-corrected chi connectivity index (χ0v) is 20.6. The van der Waals surface area contributed by atoms with Crippen molar-refractivity contribution in [2.45, 2.75) is 76.1 Å². The number of piperidine rings is 1. The summed E-state index contributed by atoms with van der Waals surface area (Å²) in [5.74, 6) is 0.524. The number of hydrogen-bond acceptors (Lipinski definition) is 6. The molecule has 4 aliphatic rings. The van der Waals surface area contributed by atoms with E-state index in [4.69, 9.17) is 4.74 Å². The Balaban J connectivity index is 1.12. The number of amides is 3. The number of carbonyl (C=O) groups excluding carboxylic acids is 3. The number of pyridine rings is 1. The zero-order chi connectivity index (χ0) is 24.8. The van der Waals surface area contributed by atoms with Crippen LogP contribution in [0.1, 0.15) is 71.5 Å². The summed E-state index contributed by atoms with van der Waals surface area (Å²) in [6, 6.07) is 7.61. The number of benzene rings is 1. The molecule has 8 heteroatoms. The van der Waals surface area contributed by atoms with Crippen LogP contribution in [-0.2, 0) is 16.1 Å². The van der Waals surface area contributed by atoms with Crippen molar-refractivity contribution in [3.63, 3.8) is 0 Å². The Kier molecular flexibility index (Phi) is 5.99. The summed E-state index contributed by atoms with van der Waals surface area (Å²) in [4.78, 5) is 45.2. The molecule has 8 nitrogen and oxygen atoms in total. The molecule has 0 unspecified atom stereocenters. The highest BCUT2D eigenvalue weighted by Crippen LogP contribution is 2.37. The smallest absolute Gasteiger partial charge is 0.255 e. The van der Waals surface area contributed by atoms with Crippen molar-refractivity contribution in [1.82, 2.24) is 20.1 Å². The molecule has 0 spiro atoms. The van der Waals surface area contributed by atoms with Gasteiger partial charge in [0.1, 0.15) is 17.9 Å². The van der Waals surface area contributed by atoms with Gasteiger partial charge in [-0.15, -0.1) is 0 Å². The minimum absolute atomic E-state index is 0.125. The van der Waals surface area contributed by atoms with E-state index < -0.39 is 6.04 Å². The Bertz CT molecular complexity index is 1210. The molecule has 1 aromatic carbocycles. The normalized spacial score (nSPS) is 27.0. The summed E-state index contributed by atoms with van der Waals surface area (Å²) in [6.07, 6.45) is 9.13. The van der Waals surface area contributed by atoms with E-state index in [9.17, 15) is 14.4 Å². The average molecular weight is 489 g/mol. The van der Waals surface area contributed by atoms with Crippen molar-refractivity contribution < 1.29 is 19.1 Å². The number of fused-ring (bicyclic) bond motifs is 1. The number of aryl methyl sites for hydroxylation is 1. The number of hydrogen-bond donors (Lipinski definition) is 1. The number of nitrogens with one attached hydrogen (secondary N) is 1. The Hall–Kier alpha value is -3.26. The maximum Gasteiger partial charge on any atom is 0.255 e. The zero-order valence-electron chi connectivity index (χ0n) is 20.6. The molecular formula is C28H32N4O4.